The molecule has 1 aromatic carbocycles. The van der Waals surface area contributed by atoms with Crippen LogP contribution in [0, 0.1) is 0 Å². The van der Waals surface area contributed by atoms with E-state index in [2.05, 4.69) is 26.2 Å². The van der Waals surface area contributed by atoms with Crippen LogP contribution in [-0.2, 0) is 11.2 Å². The Morgan fingerprint density at radius 2 is 2.07 bits per heavy atom. The van der Waals surface area contributed by atoms with Crippen LogP contribution in [0.25, 0.3) is 5.69 Å². The molecule has 0 radical (unpaired) electrons. The van der Waals surface area contributed by atoms with Crippen LogP contribution in [0.2, 0.25) is 0 Å². The fourth-order valence-electron chi connectivity index (χ4n) is 1.28. The van der Waals surface area contributed by atoms with E-state index in [0.717, 1.165) is 22.1 Å². The van der Waals surface area contributed by atoms with Crippen molar-refractivity contribution in [3.8, 4) is 5.69 Å². The van der Waals surface area contributed by atoms with Gasteiger partial charge in [-0.05, 0) is 24.3 Å². The van der Waals surface area contributed by atoms with Crippen LogP contribution < -0.4 is 0 Å². The van der Waals surface area contributed by atoms with Gasteiger partial charge in [-0.15, -0.1) is 5.10 Å². The van der Waals surface area contributed by atoms with Crippen LogP contribution in [0.15, 0.2) is 34.9 Å². The molecule has 2 rings (SSSR count). The van der Waals surface area contributed by atoms with Gasteiger partial charge in [0.25, 0.3) is 0 Å². The van der Waals surface area contributed by atoms with Crippen LogP contribution in [-0.4, -0.2) is 21.3 Å². The molecule has 0 fully saturated rings. The number of hydrogen-bond donors (Lipinski definition) is 0. The number of hydrogen-bond acceptors (Lipinski definition) is 3. The summed E-state index contributed by atoms with van der Waals surface area (Å²) >= 11 is 3.36. The van der Waals surface area contributed by atoms with Crippen molar-refractivity contribution >= 4 is 22.2 Å². The number of halogens is 1. The van der Waals surface area contributed by atoms with E-state index < -0.39 is 0 Å². The molecular formula is C10H8BrN3O. The SMILES string of the molecule is O=CCc1cnnn1-c1ccc(Br)cc1. The molecule has 0 spiro atoms. The van der Waals surface area contributed by atoms with Gasteiger partial charge in [-0.25, -0.2) is 4.68 Å². The van der Waals surface area contributed by atoms with Crippen molar-refractivity contribution in [2.45, 2.75) is 6.42 Å². The maximum Gasteiger partial charge on any atom is 0.126 e. The van der Waals surface area contributed by atoms with Gasteiger partial charge < -0.3 is 4.79 Å². The van der Waals surface area contributed by atoms with Crippen molar-refractivity contribution in [1.82, 2.24) is 15.0 Å². The number of carbonyl (C=O) groups excluding carboxylic acids is 1. The highest BCUT2D eigenvalue weighted by Gasteiger charge is 2.04. The lowest BCUT2D eigenvalue weighted by atomic mass is 10.3. The van der Waals surface area contributed by atoms with E-state index in [1.54, 1.807) is 10.9 Å². The second-order valence-corrected chi connectivity index (χ2v) is 3.90. The molecule has 2 aromatic rings. The number of carbonyl (C=O) groups is 1. The monoisotopic (exact) mass is 265 g/mol. The summed E-state index contributed by atoms with van der Waals surface area (Å²) in [6, 6.07) is 7.66. The zero-order chi connectivity index (χ0) is 10.7. The van der Waals surface area contributed by atoms with Gasteiger partial charge >= 0.3 is 0 Å². The normalized spacial score (nSPS) is 10.2. The molecule has 1 heterocycles. The molecule has 4 nitrogen and oxygen atoms in total. The average molecular weight is 266 g/mol. The highest BCUT2D eigenvalue weighted by molar-refractivity contribution is 9.10. The first-order valence-electron chi connectivity index (χ1n) is 4.40. The van der Waals surface area contributed by atoms with E-state index in [4.69, 9.17) is 0 Å². The van der Waals surface area contributed by atoms with Crippen molar-refractivity contribution in [3.63, 3.8) is 0 Å². The highest BCUT2D eigenvalue weighted by atomic mass is 79.9. The van der Waals surface area contributed by atoms with Crippen LogP contribution in [0.4, 0.5) is 0 Å². The predicted molar refractivity (Wildman–Crippen MR) is 58.8 cm³/mol. The minimum atomic E-state index is 0.322. The van der Waals surface area contributed by atoms with Crippen LogP contribution >= 0.6 is 15.9 Å². The van der Waals surface area contributed by atoms with Crippen molar-refractivity contribution in [2.75, 3.05) is 0 Å². The Morgan fingerprint density at radius 1 is 1.33 bits per heavy atom. The van der Waals surface area contributed by atoms with Gasteiger partial charge in [0.2, 0.25) is 0 Å². The van der Waals surface area contributed by atoms with E-state index in [1.807, 2.05) is 24.3 Å². The predicted octanol–water partition coefficient (Wildman–Crippen LogP) is 1.77. The molecule has 0 aliphatic rings. The van der Waals surface area contributed by atoms with Gasteiger partial charge in [0.1, 0.15) is 6.29 Å². The first-order valence-corrected chi connectivity index (χ1v) is 5.19. The van der Waals surface area contributed by atoms with Crippen LogP contribution in [0.3, 0.4) is 0 Å². The minimum absolute atomic E-state index is 0.322. The number of aldehydes is 1. The summed E-state index contributed by atoms with van der Waals surface area (Å²) < 4.78 is 2.66. The van der Waals surface area contributed by atoms with Crippen molar-refractivity contribution < 1.29 is 4.79 Å². The first kappa shape index (κ1) is 10.0. The fourth-order valence-corrected chi connectivity index (χ4v) is 1.54. The van der Waals surface area contributed by atoms with E-state index in [-0.39, 0.29) is 0 Å². The molecule has 0 amide bonds. The number of aromatic nitrogens is 3. The lowest BCUT2D eigenvalue weighted by Crippen LogP contribution is -2.02. The number of rotatable bonds is 3. The van der Waals surface area contributed by atoms with Gasteiger partial charge in [0, 0.05) is 10.9 Å². The fraction of sp³-hybridized carbons (Fsp3) is 0.100. The lowest BCUT2D eigenvalue weighted by Gasteiger charge is -2.03. The Morgan fingerprint density at radius 3 is 2.73 bits per heavy atom. The first-order chi connectivity index (χ1) is 7.31. The molecule has 0 saturated heterocycles. The summed E-state index contributed by atoms with van der Waals surface area (Å²) in [5, 5.41) is 7.71. The Balaban J connectivity index is 2.40. The molecule has 1 aromatic heterocycles. The number of benzene rings is 1. The standard InChI is InChI=1S/C10H8BrN3O/c11-8-1-3-9(4-2-8)14-10(5-6-15)7-12-13-14/h1-4,6-7H,5H2. The smallest absolute Gasteiger partial charge is 0.126 e. The van der Waals surface area contributed by atoms with Gasteiger partial charge in [0.15, 0.2) is 0 Å². The summed E-state index contributed by atoms with van der Waals surface area (Å²) in [7, 11) is 0. The van der Waals surface area contributed by atoms with Crippen LogP contribution in [0.1, 0.15) is 5.69 Å². The lowest BCUT2D eigenvalue weighted by molar-refractivity contribution is -0.107. The Hall–Kier alpha value is -1.49. The third kappa shape index (κ3) is 2.12. The molecular weight excluding hydrogens is 258 g/mol. The number of nitrogens with zero attached hydrogens (tertiary/aromatic N) is 3. The average Bonchev–Trinajstić information content (AvgIpc) is 2.68. The molecule has 0 atom stereocenters. The second-order valence-electron chi connectivity index (χ2n) is 2.98. The summed E-state index contributed by atoms with van der Waals surface area (Å²) in [6.07, 6.45) is 2.76. The maximum absolute atomic E-state index is 10.4. The van der Waals surface area contributed by atoms with Crippen molar-refractivity contribution in [2.24, 2.45) is 0 Å². The quantitative estimate of drug-likeness (QED) is 0.795. The molecule has 0 aliphatic carbocycles. The molecule has 15 heavy (non-hydrogen) atoms. The third-order valence-electron chi connectivity index (χ3n) is 1.98. The van der Waals surface area contributed by atoms with Crippen molar-refractivity contribution in [1.29, 1.82) is 0 Å². The van der Waals surface area contributed by atoms with E-state index in [1.165, 1.54) is 0 Å². The van der Waals surface area contributed by atoms with Gasteiger partial charge in [-0.3, -0.25) is 0 Å². The summed E-state index contributed by atoms with van der Waals surface area (Å²) in [6.45, 7) is 0. The molecule has 0 unspecified atom stereocenters. The summed E-state index contributed by atoms with van der Waals surface area (Å²) in [5.41, 5.74) is 1.68. The van der Waals surface area contributed by atoms with Crippen molar-refractivity contribution in [3.05, 3.63) is 40.6 Å². The zero-order valence-corrected chi connectivity index (χ0v) is 9.39. The summed E-state index contributed by atoms with van der Waals surface area (Å²) in [5.74, 6) is 0. The van der Waals surface area contributed by atoms with Gasteiger partial charge in [-0.2, -0.15) is 0 Å². The molecule has 0 bridgehead atoms. The Labute approximate surface area is 95.0 Å². The third-order valence-corrected chi connectivity index (χ3v) is 2.51. The second kappa shape index (κ2) is 4.35. The molecule has 5 heteroatoms. The molecule has 76 valence electrons. The van der Waals surface area contributed by atoms with Gasteiger partial charge in [-0.1, -0.05) is 21.1 Å². The van der Waals surface area contributed by atoms with E-state index in [0.29, 0.717) is 6.42 Å². The van der Waals surface area contributed by atoms with E-state index in [9.17, 15) is 4.79 Å². The van der Waals surface area contributed by atoms with Gasteiger partial charge in [0.05, 0.1) is 17.6 Å². The Bertz CT molecular complexity index is 464. The molecule has 0 aliphatic heterocycles. The van der Waals surface area contributed by atoms with Crippen LogP contribution in [0.5, 0.6) is 0 Å². The molecule has 0 N–H and O–H groups in total. The minimum Gasteiger partial charge on any atom is -0.303 e. The topological polar surface area (TPSA) is 47.8 Å². The highest BCUT2D eigenvalue weighted by Crippen LogP contribution is 2.14. The maximum atomic E-state index is 10.4. The summed E-state index contributed by atoms with van der Waals surface area (Å²) in [4.78, 5) is 10.4. The van der Waals surface area contributed by atoms with E-state index >= 15 is 0 Å². The zero-order valence-electron chi connectivity index (χ0n) is 7.80. The largest absolute Gasteiger partial charge is 0.303 e. The molecule has 0 saturated carbocycles. The Kier molecular flexibility index (Phi) is 2.91.